The molecule has 0 spiro atoms. The van der Waals surface area contributed by atoms with Gasteiger partial charge in [0.05, 0.1) is 0 Å². The third-order valence-electron chi connectivity index (χ3n) is 3.99. The maximum absolute atomic E-state index is 12.2. The largest absolute Gasteiger partial charge is 0.337 e. The summed E-state index contributed by atoms with van der Waals surface area (Å²) in [6.07, 6.45) is 6.28. The number of piperidine rings is 1. The number of amides is 1. The Hall–Kier alpha value is -0.570. The van der Waals surface area contributed by atoms with E-state index in [9.17, 15) is 4.79 Å². The van der Waals surface area contributed by atoms with Gasteiger partial charge in [0, 0.05) is 18.5 Å². The van der Waals surface area contributed by atoms with Crippen LogP contribution in [0.2, 0.25) is 0 Å². The molecule has 1 aliphatic rings. The Morgan fingerprint density at radius 1 is 1.29 bits per heavy atom. The number of nitrogens with zero attached hydrogens (tertiary/aromatic N) is 1. The molecule has 1 heterocycles. The fourth-order valence-corrected chi connectivity index (χ4v) is 2.84. The molecule has 0 aromatic heterocycles. The maximum atomic E-state index is 12.2. The Morgan fingerprint density at radius 2 is 1.88 bits per heavy atom. The zero-order valence-electron chi connectivity index (χ0n) is 11.6. The van der Waals surface area contributed by atoms with E-state index in [-0.39, 0.29) is 0 Å². The molecule has 100 valence electrons. The number of carbonyl (C=O) groups is 1. The first-order valence-electron chi connectivity index (χ1n) is 7.07. The van der Waals surface area contributed by atoms with Crippen molar-refractivity contribution in [3.63, 3.8) is 0 Å². The van der Waals surface area contributed by atoms with Crippen LogP contribution in [0.4, 0.5) is 0 Å². The fourth-order valence-electron chi connectivity index (χ4n) is 2.84. The zero-order chi connectivity index (χ0) is 12.8. The van der Waals surface area contributed by atoms with Crippen LogP contribution >= 0.6 is 0 Å². The van der Waals surface area contributed by atoms with Gasteiger partial charge in [-0.2, -0.15) is 0 Å². The SMILES string of the molecule is CC(CCN)CCC(=O)N1C(C)CCCC1C. The minimum absolute atomic E-state index is 0.341. The van der Waals surface area contributed by atoms with Gasteiger partial charge in [0.2, 0.25) is 5.91 Å². The van der Waals surface area contributed by atoms with Crippen molar-refractivity contribution in [2.45, 2.75) is 71.4 Å². The van der Waals surface area contributed by atoms with Gasteiger partial charge in [0.15, 0.2) is 0 Å². The van der Waals surface area contributed by atoms with Crippen molar-refractivity contribution in [1.29, 1.82) is 0 Å². The summed E-state index contributed by atoms with van der Waals surface area (Å²) in [6.45, 7) is 7.27. The molecule has 0 saturated carbocycles. The quantitative estimate of drug-likeness (QED) is 0.802. The summed E-state index contributed by atoms with van der Waals surface area (Å²) in [5.74, 6) is 0.910. The second-order valence-corrected chi connectivity index (χ2v) is 5.65. The third-order valence-corrected chi connectivity index (χ3v) is 3.99. The van der Waals surface area contributed by atoms with Crippen LogP contribution in [0.1, 0.15) is 59.3 Å². The van der Waals surface area contributed by atoms with Gasteiger partial charge >= 0.3 is 0 Å². The van der Waals surface area contributed by atoms with E-state index < -0.39 is 0 Å². The Kier molecular flexibility index (Phi) is 5.96. The molecule has 3 heteroatoms. The molecule has 3 unspecified atom stereocenters. The van der Waals surface area contributed by atoms with Gasteiger partial charge in [0.1, 0.15) is 0 Å². The van der Waals surface area contributed by atoms with Gasteiger partial charge in [-0.05, 0) is 58.4 Å². The number of carbonyl (C=O) groups excluding carboxylic acids is 1. The summed E-state index contributed by atoms with van der Waals surface area (Å²) >= 11 is 0. The Balaban J connectivity index is 2.40. The lowest BCUT2D eigenvalue weighted by atomic mass is 9.95. The van der Waals surface area contributed by atoms with E-state index in [1.807, 2.05) is 0 Å². The molecule has 1 fully saturated rings. The zero-order valence-corrected chi connectivity index (χ0v) is 11.6. The molecule has 1 amide bonds. The normalized spacial score (nSPS) is 26.9. The van der Waals surface area contributed by atoms with Crippen LogP contribution in [-0.2, 0) is 4.79 Å². The highest BCUT2D eigenvalue weighted by Crippen LogP contribution is 2.24. The number of nitrogens with two attached hydrogens (primary N) is 1. The molecule has 0 aromatic rings. The lowest BCUT2D eigenvalue weighted by Crippen LogP contribution is -2.47. The van der Waals surface area contributed by atoms with Crippen molar-refractivity contribution < 1.29 is 4.79 Å². The van der Waals surface area contributed by atoms with Crippen molar-refractivity contribution in [2.75, 3.05) is 6.54 Å². The van der Waals surface area contributed by atoms with Crippen molar-refractivity contribution >= 4 is 5.91 Å². The van der Waals surface area contributed by atoms with Crippen molar-refractivity contribution in [1.82, 2.24) is 4.90 Å². The van der Waals surface area contributed by atoms with Crippen LogP contribution in [0, 0.1) is 5.92 Å². The van der Waals surface area contributed by atoms with E-state index >= 15 is 0 Å². The van der Waals surface area contributed by atoms with Crippen LogP contribution in [0.3, 0.4) is 0 Å². The molecular formula is C14H28N2O. The summed E-state index contributed by atoms with van der Waals surface area (Å²) in [5.41, 5.74) is 5.53. The molecule has 0 aliphatic carbocycles. The Bertz CT molecular complexity index is 232. The molecule has 1 saturated heterocycles. The van der Waals surface area contributed by atoms with Crippen molar-refractivity contribution in [2.24, 2.45) is 11.7 Å². The molecule has 3 nitrogen and oxygen atoms in total. The minimum atomic E-state index is 0.341. The molecule has 1 aliphatic heterocycles. The van der Waals surface area contributed by atoms with E-state index in [0.717, 1.165) is 32.2 Å². The minimum Gasteiger partial charge on any atom is -0.337 e. The first-order chi connectivity index (χ1) is 8.06. The van der Waals surface area contributed by atoms with Gasteiger partial charge in [-0.25, -0.2) is 0 Å². The smallest absolute Gasteiger partial charge is 0.223 e. The van der Waals surface area contributed by atoms with Gasteiger partial charge in [-0.15, -0.1) is 0 Å². The fraction of sp³-hybridized carbons (Fsp3) is 0.929. The predicted octanol–water partition coefficient (Wildman–Crippen LogP) is 2.54. The molecule has 0 bridgehead atoms. The van der Waals surface area contributed by atoms with E-state index in [1.165, 1.54) is 6.42 Å². The average molecular weight is 240 g/mol. The number of rotatable bonds is 5. The van der Waals surface area contributed by atoms with E-state index in [2.05, 4.69) is 25.7 Å². The summed E-state index contributed by atoms with van der Waals surface area (Å²) in [6, 6.07) is 0.854. The van der Waals surface area contributed by atoms with Crippen LogP contribution in [0.15, 0.2) is 0 Å². The second-order valence-electron chi connectivity index (χ2n) is 5.65. The standard InChI is InChI=1S/C14H28N2O/c1-11(9-10-15)7-8-14(17)16-12(2)5-4-6-13(16)3/h11-13H,4-10,15H2,1-3H3. The molecule has 0 radical (unpaired) electrons. The number of hydrogen-bond donors (Lipinski definition) is 1. The number of likely N-dealkylation sites (tertiary alicyclic amines) is 1. The monoisotopic (exact) mass is 240 g/mol. The first-order valence-corrected chi connectivity index (χ1v) is 7.07. The van der Waals surface area contributed by atoms with Gasteiger partial charge < -0.3 is 10.6 Å². The predicted molar refractivity (Wildman–Crippen MR) is 71.7 cm³/mol. The Morgan fingerprint density at radius 3 is 2.41 bits per heavy atom. The Labute approximate surface area is 106 Å². The van der Waals surface area contributed by atoms with Crippen LogP contribution in [-0.4, -0.2) is 29.4 Å². The van der Waals surface area contributed by atoms with Crippen LogP contribution < -0.4 is 5.73 Å². The lowest BCUT2D eigenvalue weighted by Gasteiger charge is -2.39. The van der Waals surface area contributed by atoms with E-state index in [1.54, 1.807) is 0 Å². The van der Waals surface area contributed by atoms with Crippen molar-refractivity contribution in [3.05, 3.63) is 0 Å². The summed E-state index contributed by atoms with van der Waals surface area (Å²) in [7, 11) is 0. The average Bonchev–Trinajstić information content (AvgIpc) is 2.26. The van der Waals surface area contributed by atoms with E-state index in [0.29, 0.717) is 30.3 Å². The molecule has 1 rings (SSSR count). The second kappa shape index (κ2) is 7.00. The highest BCUT2D eigenvalue weighted by molar-refractivity contribution is 5.76. The van der Waals surface area contributed by atoms with Gasteiger partial charge in [0.25, 0.3) is 0 Å². The topological polar surface area (TPSA) is 46.3 Å². The van der Waals surface area contributed by atoms with Gasteiger partial charge in [-0.1, -0.05) is 6.92 Å². The summed E-state index contributed by atoms with van der Waals surface area (Å²) in [4.78, 5) is 14.3. The lowest BCUT2D eigenvalue weighted by molar-refractivity contribution is -0.137. The van der Waals surface area contributed by atoms with Crippen LogP contribution in [0.25, 0.3) is 0 Å². The highest BCUT2D eigenvalue weighted by atomic mass is 16.2. The van der Waals surface area contributed by atoms with Crippen molar-refractivity contribution in [3.8, 4) is 0 Å². The summed E-state index contributed by atoms with van der Waals surface area (Å²) in [5, 5.41) is 0. The molecular weight excluding hydrogens is 212 g/mol. The summed E-state index contributed by atoms with van der Waals surface area (Å²) < 4.78 is 0. The molecule has 2 N–H and O–H groups in total. The van der Waals surface area contributed by atoms with Crippen LogP contribution in [0.5, 0.6) is 0 Å². The first kappa shape index (κ1) is 14.5. The highest BCUT2D eigenvalue weighted by Gasteiger charge is 2.28. The molecule has 17 heavy (non-hydrogen) atoms. The third kappa shape index (κ3) is 4.30. The van der Waals surface area contributed by atoms with Gasteiger partial charge in [-0.3, -0.25) is 4.79 Å². The molecule has 3 atom stereocenters. The molecule has 0 aromatic carbocycles. The van der Waals surface area contributed by atoms with E-state index in [4.69, 9.17) is 5.73 Å². The maximum Gasteiger partial charge on any atom is 0.223 e. The number of hydrogen-bond acceptors (Lipinski definition) is 2.